The lowest BCUT2D eigenvalue weighted by Crippen LogP contribution is -2.34. The number of ether oxygens (including phenoxy) is 1. The predicted octanol–water partition coefficient (Wildman–Crippen LogP) is 1.47. The van der Waals surface area contributed by atoms with Crippen molar-refractivity contribution in [2.45, 2.75) is 31.9 Å². The molecule has 0 radical (unpaired) electrons. The molecule has 1 aromatic rings. The first kappa shape index (κ1) is 12.9. The third-order valence-corrected chi connectivity index (χ3v) is 3.42. The molecular formula is C14H19NO3. The van der Waals surface area contributed by atoms with Gasteiger partial charge in [0, 0.05) is 6.54 Å². The van der Waals surface area contributed by atoms with Crippen molar-refractivity contribution in [3.8, 4) is 5.75 Å². The first-order valence-corrected chi connectivity index (χ1v) is 6.29. The van der Waals surface area contributed by atoms with Crippen LogP contribution in [0.2, 0.25) is 0 Å². The number of nitrogens with one attached hydrogen (secondary N) is 1. The number of benzene rings is 1. The number of hydrogen-bond acceptors (Lipinski definition) is 3. The van der Waals surface area contributed by atoms with Gasteiger partial charge in [0.2, 0.25) is 5.91 Å². The van der Waals surface area contributed by atoms with Gasteiger partial charge in [0.05, 0.1) is 19.1 Å². The number of carbonyl (C=O) groups excluding carboxylic acids is 1. The van der Waals surface area contributed by atoms with Gasteiger partial charge in [-0.1, -0.05) is 12.1 Å². The lowest BCUT2D eigenvalue weighted by molar-refractivity contribution is -0.127. The Morgan fingerprint density at radius 3 is 3.00 bits per heavy atom. The summed E-state index contributed by atoms with van der Waals surface area (Å²) in [6.07, 6.45) is 1.97. The van der Waals surface area contributed by atoms with Crippen molar-refractivity contribution in [3.05, 3.63) is 29.8 Å². The van der Waals surface area contributed by atoms with Crippen LogP contribution in [0.25, 0.3) is 0 Å². The molecule has 1 amide bonds. The van der Waals surface area contributed by atoms with Crippen LogP contribution in [0.15, 0.2) is 24.3 Å². The van der Waals surface area contributed by atoms with E-state index in [1.54, 1.807) is 7.11 Å². The fraction of sp³-hybridized carbons (Fsp3) is 0.500. The van der Waals surface area contributed by atoms with Crippen LogP contribution >= 0.6 is 0 Å². The van der Waals surface area contributed by atoms with E-state index in [1.807, 2.05) is 24.3 Å². The molecule has 1 aliphatic rings. The highest BCUT2D eigenvalue weighted by molar-refractivity contribution is 5.79. The van der Waals surface area contributed by atoms with Crippen LogP contribution < -0.4 is 10.1 Å². The summed E-state index contributed by atoms with van der Waals surface area (Å²) in [5.74, 6) is 0.487. The number of rotatable bonds is 4. The zero-order valence-corrected chi connectivity index (χ0v) is 10.6. The summed E-state index contributed by atoms with van der Waals surface area (Å²) in [5.41, 5.74) is 0.996. The van der Waals surface area contributed by atoms with Gasteiger partial charge in [-0.15, -0.1) is 0 Å². The van der Waals surface area contributed by atoms with E-state index in [0.29, 0.717) is 6.54 Å². The summed E-state index contributed by atoms with van der Waals surface area (Å²) < 4.78 is 5.13. The predicted molar refractivity (Wildman–Crippen MR) is 68.2 cm³/mol. The Bertz CT molecular complexity index is 419. The summed E-state index contributed by atoms with van der Waals surface area (Å²) in [4.78, 5) is 11.9. The minimum absolute atomic E-state index is 0.0529. The lowest BCUT2D eigenvalue weighted by atomic mass is 10.1. The smallest absolute Gasteiger partial charge is 0.225 e. The molecular weight excluding hydrogens is 230 g/mol. The number of carbonyl (C=O) groups is 1. The summed E-state index contributed by atoms with van der Waals surface area (Å²) in [5, 5.41) is 12.5. The van der Waals surface area contributed by atoms with E-state index in [-0.39, 0.29) is 11.8 Å². The van der Waals surface area contributed by atoms with Gasteiger partial charge < -0.3 is 15.2 Å². The third kappa shape index (κ3) is 3.01. The Hall–Kier alpha value is -1.55. The van der Waals surface area contributed by atoms with E-state index in [9.17, 15) is 9.90 Å². The molecule has 2 atom stereocenters. The first-order valence-electron chi connectivity index (χ1n) is 6.29. The summed E-state index contributed by atoms with van der Waals surface area (Å²) in [6, 6.07) is 7.59. The zero-order valence-electron chi connectivity index (χ0n) is 10.6. The van der Waals surface area contributed by atoms with Gasteiger partial charge in [-0.2, -0.15) is 0 Å². The van der Waals surface area contributed by atoms with E-state index in [0.717, 1.165) is 30.6 Å². The molecule has 98 valence electrons. The maximum absolute atomic E-state index is 11.9. The SMILES string of the molecule is COc1cccc(CNC(=O)C2CCCC2O)c1. The molecule has 18 heavy (non-hydrogen) atoms. The van der Waals surface area contributed by atoms with Gasteiger partial charge in [0.1, 0.15) is 5.75 Å². The average Bonchev–Trinajstić information content (AvgIpc) is 2.82. The Morgan fingerprint density at radius 1 is 1.50 bits per heavy atom. The van der Waals surface area contributed by atoms with Crippen LogP contribution in [-0.4, -0.2) is 24.2 Å². The highest BCUT2D eigenvalue weighted by Gasteiger charge is 2.31. The Labute approximate surface area is 107 Å². The normalized spacial score (nSPS) is 22.8. The fourth-order valence-electron chi connectivity index (χ4n) is 2.35. The Morgan fingerprint density at radius 2 is 2.33 bits per heavy atom. The topological polar surface area (TPSA) is 58.6 Å². The first-order chi connectivity index (χ1) is 8.70. The quantitative estimate of drug-likeness (QED) is 0.849. The molecule has 4 nitrogen and oxygen atoms in total. The molecule has 0 aliphatic heterocycles. The molecule has 0 bridgehead atoms. The van der Waals surface area contributed by atoms with Gasteiger partial charge in [-0.3, -0.25) is 4.79 Å². The van der Waals surface area contributed by atoms with Crippen molar-refractivity contribution in [1.29, 1.82) is 0 Å². The molecule has 1 aliphatic carbocycles. The van der Waals surface area contributed by atoms with Crippen LogP contribution in [0.1, 0.15) is 24.8 Å². The molecule has 1 fully saturated rings. The second-order valence-electron chi connectivity index (χ2n) is 4.67. The van der Waals surface area contributed by atoms with Crippen LogP contribution in [0, 0.1) is 5.92 Å². The number of hydrogen-bond donors (Lipinski definition) is 2. The number of aliphatic hydroxyl groups is 1. The Balaban J connectivity index is 1.88. The van der Waals surface area contributed by atoms with Crippen LogP contribution in [0.3, 0.4) is 0 Å². The molecule has 0 saturated heterocycles. The van der Waals surface area contributed by atoms with Crippen LogP contribution in [0.5, 0.6) is 5.75 Å². The van der Waals surface area contributed by atoms with Gasteiger partial charge in [0.15, 0.2) is 0 Å². The molecule has 2 N–H and O–H groups in total. The second-order valence-corrected chi connectivity index (χ2v) is 4.67. The van der Waals surface area contributed by atoms with Crippen molar-refractivity contribution in [2.75, 3.05) is 7.11 Å². The van der Waals surface area contributed by atoms with E-state index in [1.165, 1.54) is 0 Å². The van der Waals surface area contributed by atoms with Crippen molar-refractivity contribution in [2.24, 2.45) is 5.92 Å². The average molecular weight is 249 g/mol. The van der Waals surface area contributed by atoms with Crippen molar-refractivity contribution in [1.82, 2.24) is 5.32 Å². The van der Waals surface area contributed by atoms with Crippen molar-refractivity contribution < 1.29 is 14.6 Å². The zero-order chi connectivity index (χ0) is 13.0. The van der Waals surface area contributed by atoms with E-state index >= 15 is 0 Å². The standard InChI is InChI=1S/C14H19NO3/c1-18-11-5-2-4-10(8-11)9-15-14(17)12-6-3-7-13(12)16/h2,4-5,8,12-13,16H,3,6-7,9H2,1H3,(H,15,17). The molecule has 0 aromatic heterocycles. The molecule has 2 unspecified atom stereocenters. The fourth-order valence-corrected chi connectivity index (χ4v) is 2.35. The lowest BCUT2D eigenvalue weighted by Gasteiger charge is -2.14. The molecule has 1 aromatic carbocycles. The maximum Gasteiger partial charge on any atom is 0.225 e. The van der Waals surface area contributed by atoms with Crippen LogP contribution in [-0.2, 0) is 11.3 Å². The van der Waals surface area contributed by atoms with E-state index in [2.05, 4.69) is 5.32 Å². The van der Waals surface area contributed by atoms with Crippen LogP contribution in [0.4, 0.5) is 0 Å². The molecule has 0 heterocycles. The number of aliphatic hydroxyl groups excluding tert-OH is 1. The van der Waals surface area contributed by atoms with E-state index in [4.69, 9.17) is 4.74 Å². The molecule has 2 rings (SSSR count). The molecule has 4 heteroatoms. The van der Waals surface area contributed by atoms with E-state index < -0.39 is 6.10 Å². The largest absolute Gasteiger partial charge is 0.497 e. The number of methoxy groups -OCH3 is 1. The molecule has 0 spiro atoms. The van der Waals surface area contributed by atoms with Gasteiger partial charge in [-0.05, 0) is 37.0 Å². The summed E-state index contributed by atoms with van der Waals surface area (Å²) in [7, 11) is 1.62. The van der Waals surface area contributed by atoms with Gasteiger partial charge in [-0.25, -0.2) is 0 Å². The summed E-state index contributed by atoms with van der Waals surface area (Å²) in [6.45, 7) is 0.471. The minimum Gasteiger partial charge on any atom is -0.497 e. The highest BCUT2D eigenvalue weighted by Crippen LogP contribution is 2.25. The Kier molecular flexibility index (Phi) is 4.20. The number of amides is 1. The monoisotopic (exact) mass is 249 g/mol. The summed E-state index contributed by atoms with van der Waals surface area (Å²) >= 11 is 0. The third-order valence-electron chi connectivity index (χ3n) is 3.42. The van der Waals surface area contributed by atoms with Crippen molar-refractivity contribution in [3.63, 3.8) is 0 Å². The highest BCUT2D eigenvalue weighted by atomic mass is 16.5. The maximum atomic E-state index is 11.9. The van der Waals surface area contributed by atoms with Gasteiger partial charge in [0.25, 0.3) is 0 Å². The van der Waals surface area contributed by atoms with Gasteiger partial charge >= 0.3 is 0 Å². The molecule has 1 saturated carbocycles. The second kappa shape index (κ2) is 5.87. The van der Waals surface area contributed by atoms with Crippen molar-refractivity contribution >= 4 is 5.91 Å². The minimum atomic E-state index is -0.477.